The monoisotopic (exact) mass is 258 g/mol. The van der Waals surface area contributed by atoms with Crippen molar-refractivity contribution >= 4 is 16.9 Å². The van der Waals surface area contributed by atoms with Crippen molar-refractivity contribution in [2.75, 3.05) is 31.6 Å². The maximum absolute atomic E-state index is 5.74. The number of benzene rings is 1. The van der Waals surface area contributed by atoms with Crippen LogP contribution in [0.15, 0.2) is 24.3 Å². The van der Waals surface area contributed by atoms with Gasteiger partial charge in [0.05, 0.1) is 18.1 Å². The van der Waals surface area contributed by atoms with E-state index in [1.54, 1.807) is 7.11 Å². The topological polar surface area (TPSA) is 64.3 Å². The molecule has 1 aromatic carbocycles. The highest BCUT2D eigenvalue weighted by atomic mass is 16.5. The molecule has 2 heterocycles. The van der Waals surface area contributed by atoms with Gasteiger partial charge in [0.15, 0.2) is 5.82 Å². The molecule has 1 atom stereocenters. The summed E-state index contributed by atoms with van der Waals surface area (Å²) in [6.07, 6.45) is 1.11. The molecule has 1 saturated heterocycles. The van der Waals surface area contributed by atoms with Gasteiger partial charge in [-0.3, -0.25) is 0 Å². The molecule has 5 nitrogen and oxygen atoms in total. The van der Waals surface area contributed by atoms with E-state index in [4.69, 9.17) is 15.5 Å². The summed E-state index contributed by atoms with van der Waals surface area (Å²) in [5.41, 5.74) is 7.50. The maximum atomic E-state index is 5.74. The molecule has 0 radical (unpaired) electrons. The van der Waals surface area contributed by atoms with E-state index in [0.717, 1.165) is 42.9 Å². The second kappa shape index (κ2) is 5.01. The van der Waals surface area contributed by atoms with Crippen molar-refractivity contribution in [3.8, 4) is 5.88 Å². The zero-order chi connectivity index (χ0) is 13.2. The van der Waals surface area contributed by atoms with Gasteiger partial charge in [-0.1, -0.05) is 12.1 Å². The Morgan fingerprint density at radius 2 is 2.05 bits per heavy atom. The van der Waals surface area contributed by atoms with Crippen molar-refractivity contribution in [1.82, 2.24) is 9.97 Å². The van der Waals surface area contributed by atoms with Crippen molar-refractivity contribution in [2.45, 2.75) is 6.42 Å². The minimum atomic E-state index is 0.540. The molecule has 0 bridgehead atoms. The predicted octanol–water partition coefficient (Wildman–Crippen LogP) is 1.42. The second-order valence-corrected chi connectivity index (χ2v) is 4.88. The van der Waals surface area contributed by atoms with E-state index >= 15 is 0 Å². The van der Waals surface area contributed by atoms with Gasteiger partial charge < -0.3 is 15.4 Å². The fourth-order valence-electron chi connectivity index (χ4n) is 2.53. The molecule has 0 spiro atoms. The number of hydrogen-bond donors (Lipinski definition) is 1. The fraction of sp³-hybridized carbons (Fsp3) is 0.429. The lowest BCUT2D eigenvalue weighted by Gasteiger charge is -2.19. The van der Waals surface area contributed by atoms with Crippen LogP contribution >= 0.6 is 0 Å². The zero-order valence-electron chi connectivity index (χ0n) is 11.0. The summed E-state index contributed by atoms with van der Waals surface area (Å²) in [4.78, 5) is 11.4. The number of hydrogen-bond acceptors (Lipinski definition) is 5. The number of ether oxygens (including phenoxy) is 1. The normalized spacial score (nSPS) is 19.1. The van der Waals surface area contributed by atoms with Gasteiger partial charge in [-0.25, -0.2) is 9.97 Å². The molecule has 2 aromatic rings. The Balaban J connectivity index is 2.02. The molecule has 2 N–H and O–H groups in total. The standard InChI is InChI=1S/C14H18N4O/c1-19-14-13(18-7-6-10(8-15)9-18)16-11-4-2-3-5-12(11)17-14/h2-5,10H,6-9,15H2,1H3. The fourth-order valence-corrected chi connectivity index (χ4v) is 2.53. The molecule has 0 amide bonds. The first-order valence-corrected chi connectivity index (χ1v) is 6.57. The van der Waals surface area contributed by atoms with Crippen LogP contribution in [0, 0.1) is 5.92 Å². The molecule has 5 heteroatoms. The number of nitrogens with two attached hydrogens (primary N) is 1. The zero-order valence-corrected chi connectivity index (χ0v) is 11.0. The highest BCUT2D eigenvalue weighted by molar-refractivity contribution is 5.77. The van der Waals surface area contributed by atoms with Crippen LogP contribution in [0.25, 0.3) is 11.0 Å². The van der Waals surface area contributed by atoms with Crippen molar-refractivity contribution in [3.05, 3.63) is 24.3 Å². The molecule has 100 valence electrons. The van der Waals surface area contributed by atoms with Gasteiger partial charge >= 0.3 is 0 Å². The Morgan fingerprint density at radius 3 is 2.68 bits per heavy atom. The van der Waals surface area contributed by atoms with Gasteiger partial charge in [-0.05, 0) is 31.0 Å². The third-order valence-corrected chi connectivity index (χ3v) is 3.63. The molecule has 1 aliphatic heterocycles. The van der Waals surface area contributed by atoms with E-state index in [1.165, 1.54) is 0 Å². The lowest BCUT2D eigenvalue weighted by molar-refractivity contribution is 0.398. The van der Waals surface area contributed by atoms with E-state index in [9.17, 15) is 0 Å². The van der Waals surface area contributed by atoms with E-state index in [2.05, 4.69) is 9.88 Å². The van der Waals surface area contributed by atoms with Gasteiger partial charge in [-0.2, -0.15) is 0 Å². The smallest absolute Gasteiger partial charge is 0.257 e. The number of aromatic nitrogens is 2. The van der Waals surface area contributed by atoms with E-state index < -0.39 is 0 Å². The first-order valence-electron chi connectivity index (χ1n) is 6.57. The molecule has 1 fully saturated rings. The average Bonchev–Trinajstić information content (AvgIpc) is 2.94. The Morgan fingerprint density at radius 1 is 1.32 bits per heavy atom. The van der Waals surface area contributed by atoms with Crippen LogP contribution in [0.4, 0.5) is 5.82 Å². The Labute approximate surface area is 112 Å². The Kier molecular flexibility index (Phi) is 3.21. The number of rotatable bonds is 3. The van der Waals surface area contributed by atoms with Crippen LogP contribution in [0.3, 0.4) is 0 Å². The summed E-state index contributed by atoms with van der Waals surface area (Å²) in [5, 5.41) is 0. The lowest BCUT2D eigenvalue weighted by Crippen LogP contribution is -2.24. The van der Waals surface area contributed by atoms with Gasteiger partial charge in [0.1, 0.15) is 0 Å². The van der Waals surface area contributed by atoms with Crippen molar-refractivity contribution in [1.29, 1.82) is 0 Å². The minimum Gasteiger partial charge on any atom is -0.478 e. The third-order valence-electron chi connectivity index (χ3n) is 3.63. The van der Waals surface area contributed by atoms with Gasteiger partial charge in [0, 0.05) is 13.1 Å². The Bertz CT molecular complexity index is 587. The SMILES string of the molecule is COc1nc2ccccc2nc1N1CCC(CN)C1. The van der Waals surface area contributed by atoms with Crippen LogP contribution in [-0.4, -0.2) is 36.7 Å². The number of nitrogens with zero attached hydrogens (tertiary/aromatic N) is 3. The molecule has 0 saturated carbocycles. The summed E-state index contributed by atoms with van der Waals surface area (Å²) in [7, 11) is 1.64. The summed E-state index contributed by atoms with van der Waals surface area (Å²) < 4.78 is 5.39. The van der Waals surface area contributed by atoms with Crippen molar-refractivity contribution in [2.24, 2.45) is 11.7 Å². The largest absolute Gasteiger partial charge is 0.478 e. The lowest BCUT2D eigenvalue weighted by atomic mass is 10.1. The summed E-state index contributed by atoms with van der Waals surface area (Å²) in [6, 6.07) is 7.85. The van der Waals surface area contributed by atoms with Gasteiger partial charge in [-0.15, -0.1) is 0 Å². The third kappa shape index (κ3) is 2.21. The van der Waals surface area contributed by atoms with Crippen molar-refractivity contribution < 1.29 is 4.74 Å². The number of anilines is 1. The number of methoxy groups -OCH3 is 1. The van der Waals surface area contributed by atoms with Gasteiger partial charge in [0.25, 0.3) is 5.88 Å². The van der Waals surface area contributed by atoms with Crippen LogP contribution in [0.5, 0.6) is 5.88 Å². The molecule has 1 aliphatic rings. The van der Waals surface area contributed by atoms with E-state index in [-0.39, 0.29) is 0 Å². The minimum absolute atomic E-state index is 0.540. The highest BCUT2D eigenvalue weighted by Gasteiger charge is 2.25. The summed E-state index contributed by atoms with van der Waals surface area (Å²) in [6.45, 7) is 2.62. The predicted molar refractivity (Wildman–Crippen MR) is 75.5 cm³/mol. The maximum Gasteiger partial charge on any atom is 0.257 e. The number of para-hydroxylation sites is 2. The van der Waals surface area contributed by atoms with Crippen LogP contribution in [0.1, 0.15) is 6.42 Å². The van der Waals surface area contributed by atoms with E-state index in [0.29, 0.717) is 11.8 Å². The summed E-state index contributed by atoms with van der Waals surface area (Å²) in [5.74, 6) is 1.96. The van der Waals surface area contributed by atoms with Crippen molar-refractivity contribution in [3.63, 3.8) is 0 Å². The van der Waals surface area contributed by atoms with Gasteiger partial charge in [0.2, 0.25) is 0 Å². The summed E-state index contributed by atoms with van der Waals surface area (Å²) >= 11 is 0. The molecule has 3 rings (SSSR count). The van der Waals surface area contributed by atoms with Crippen LogP contribution < -0.4 is 15.4 Å². The quantitative estimate of drug-likeness (QED) is 0.902. The Hall–Kier alpha value is -1.88. The molecular formula is C14H18N4O. The molecular weight excluding hydrogens is 240 g/mol. The first-order chi connectivity index (χ1) is 9.31. The average molecular weight is 258 g/mol. The first kappa shape index (κ1) is 12.2. The van der Waals surface area contributed by atoms with Crippen LogP contribution in [-0.2, 0) is 0 Å². The highest BCUT2D eigenvalue weighted by Crippen LogP contribution is 2.30. The molecule has 19 heavy (non-hydrogen) atoms. The second-order valence-electron chi connectivity index (χ2n) is 4.88. The van der Waals surface area contributed by atoms with E-state index in [1.807, 2.05) is 24.3 Å². The molecule has 1 unspecified atom stereocenters. The number of fused-ring (bicyclic) bond motifs is 1. The molecule has 1 aromatic heterocycles. The van der Waals surface area contributed by atoms with Crippen LogP contribution in [0.2, 0.25) is 0 Å². The molecule has 0 aliphatic carbocycles.